The number of thiophene rings is 1. The monoisotopic (exact) mass is 411 g/mol. The fraction of sp³-hybridized carbons (Fsp3) is 0.300. The van der Waals surface area contributed by atoms with Gasteiger partial charge in [0.15, 0.2) is 11.0 Å². The fourth-order valence-corrected chi connectivity index (χ4v) is 4.58. The van der Waals surface area contributed by atoms with Crippen LogP contribution >= 0.6 is 23.1 Å². The van der Waals surface area contributed by atoms with Crippen molar-refractivity contribution in [3.05, 3.63) is 59.6 Å². The predicted molar refractivity (Wildman–Crippen MR) is 112 cm³/mol. The molecule has 8 heteroatoms. The largest absolute Gasteiger partial charge is 0.333 e. The Bertz CT molecular complexity index is 935. The highest BCUT2D eigenvalue weighted by Crippen LogP contribution is 2.40. The van der Waals surface area contributed by atoms with Crippen molar-refractivity contribution >= 4 is 29.0 Å². The quantitative estimate of drug-likeness (QED) is 0.393. The van der Waals surface area contributed by atoms with Gasteiger partial charge >= 0.3 is 0 Å². The summed E-state index contributed by atoms with van der Waals surface area (Å²) in [6.07, 6.45) is 7.55. The van der Waals surface area contributed by atoms with Gasteiger partial charge in [-0.15, -0.1) is 28.1 Å². The average molecular weight is 412 g/mol. The van der Waals surface area contributed by atoms with Crippen LogP contribution in [0.5, 0.6) is 0 Å². The molecular formula is C20H21N5OS2. The minimum Gasteiger partial charge on any atom is -0.333 e. The number of amides is 1. The van der Waals surface area contributed by atoms with Crippen LogP contribution < -0.4 is 0 Å². The van der Waals surface area contributed by atoms with E-state index in [-0.39, 0.29) is 5.91 Å². The van der Waals surface area contributed by atoms with Crippen LogP contribution in [0.15, 0.2) is 59.9 Å². The zero-order valence-electron chi connectivity index (χ0n) is 15.4. The number of rotatable bonds is 9. The van der Waals surface area contributed by atoms with Crippen LogP contribution in [-0.2, 0) is 11.3 Å². The first-order valence-corrected chi connectivity index (χ1v) is 11.0. The van der Waals surface area contributed by atoms with E-state index in [1.54, 1.807) is 29.8 Å². The van der Waals surface area contributed by atoms with Crippen molar-refractivity contribution in [1.82, 2.24) is 24.6 Å². The van der Waals surface area contributed by atoms with Crippen molar-refractivity contribution < 1.29 is 4.79 Å². The lowest BCUT2D eigenvalue weighted by molar-refractivity contribution is -0.128. The molecule has 0 unspecified atom stereocenters. The number of hydrogen-bond donors (Lipinski definition) is 0. The second kappa shape index (κ2) is 8.70. The maximum Gasteiger partial charge on any atom is 0.233 e. The molecule has 1 aliphatic rings. The lowest BCUT2D eigenvalue weighted by Gasteiger charge is -2.20. The zero-order valence-corrected chi connectivity index (χ0v) is 17.0. The number of carbonyl (C=O) groups is 1. The van der Waals surface area contributed by atoms with Gasteiger partial charge < -0.3 is 4.90 Å². The van der Waals surface area contributed by atoms with E-state index in [2.05, 4.69) is 26.3 Å². The number of aromatic nitrogens is 4. The Labute approximate surface area is 172 Å². The first-order valence-electron chi connectivity index (χ1n) is 9.15. The molecule has 0 aromatic carbocycles. The molecule has 3 aromatic rings. The second-order valence-corrected chi connectivity index (χ2v) is 8.55. The van der Waals surface area contributed by atoms with Crippen molar-refractivity contribution in [2.75, 3.05) is 12.3 Å². The van der Waals surface area contributed by atoms with Crippen LogP contribution in [0.3, 0.4) is 0 Å². The van der Waals surface area contributed by atoms with Crippen LogP contribution in [0, 0.1) is 0 Å². The van der Waals surface area contributed by atoms with Gasteiger partial charge in [0.05, 0.1) is 12.3 Å². The molecule has 0 atom stereocenters. The topological polar surface area (TPSA) is 63.9 Å². The van der Waals surface area contributed by atoms with Crippen molar-refractivity contribution in [3.8, 4) is 11.4 Å². The minimum absolute atomic E-state index is 0.0755. The number of pyridine rings is 1. The standard InChI is InChI=1S/C20H21N5OS2/c1-2-10-24(13-17-6-4-11-27-17)18(26)14-28-20-23-22-19(25(20)16-7-8-16)15-5-3-9-21-12-15/h2-6,9,11-12,16H,1,7-8,10,13-14H2. The molecule has 3 heterocycles. The molecular weight excluding hydrogens is 390 g/mol. The third-order valence-corrected chi connectivity index (χ3v) is 6.24. The van der Waals surface area contributed by atoms with Gasteiger partial charge in [-0.25, -0.2) is 0 Å². The molecule has 3 aromatic heterocycles. The lowest BCUT2D eigenvalue weighted by Crippen LogP contribution is -2.31. The summed E-state index contributed by atoms with van der Waals surface area (Å²) >= 11 is 3.11. The number of carbonyl (C=O) groups excluding carboxylic acids is 1. The van der Waals surface area contributed by atoms with Gasteiger partial charge in [-0.1, -0.05) is 23.9 Å². The Kier molecular flexibility index (Phi) is 5.87. The molecule has 0 spiro atoms. The molecule has 1 aliphatic carbocycles. The van der Waals surface area contributed by atoms with Crippen LogP contribution in [0.2, 0.25) is 0 Å². The summed E-state index contributed by atoms with van der Waals surface area (Å²) in [5.41, 5.74) is 0.950. The third-order valence-electron chi connectivity index (χ3n) is 4.45. The first kappa shape index (κ1) is 18.9. The smallest absolute Gasteiger partial charge is 0.233 e. The van der Waals surface area contributed by atoms with Crippen LogP contribution in [0.4, 0.5) is 0 Å². The van der Waals surface area contributed by atoms with Crippen molar-refractivity contribution in [1.29, 1.82) is 0 Å². The highest BCUT2D eigenvalue weighted by Gasteiger charge is 2.30. The predicted octanol–water partition coefficient (Wildman–Crippen LogP) is 4.04. The van der Waals surface area contributed by atoms with E-state index in [9.17, 15) is 4.79 Å². The molecule has 1 amide bonds. The SMILES string of the molecule is C=CCN(Cc1cccs1)C(=O)CSc1nnc(-c2cccnc2)n1C1CC1. The van der Waals surface area contributed by atoms with Crippen molar-refractivity contribution in [2.24, 2.45) is 0 Å². The van der Waals surface area contributed by atoms with E-state index in [1.165, 1.54) is 16.6 Å². The Balaban J connectivity index is 1.47. The summed E-state index contributed by atoms with van der Waals surface area (Å²) in [7, 11) is 0. The molecule has 28 heavy (non-hydrogen) atoms. The van der Waals surface area contributed by atoms with Crippen LogP contribution in [0.1, 0.15) is 23.8 Å². The summed E-state index contributed by atoms with van der Waals surface area (Å²) in [5.74, 6) is 1.23. The second-order valence-electron chi connectivity index (χ2n) is 6.58. The van der Waals surface area contributed by atoms with E-state index in [4.69, 9.17) is 0 Å². The van der Waals surface area contributed by atoms with E-state index in [0.29, 0.717) is 24.9 Å². The third kappa shape index (κ3) is 4.34. The number of hydrogen-bond acceptors (Lipinski definition) is 6. The normalized spacial score (nSPS) is 13.4. The van der Waals surface area contributed by atoms with Gasteiger partial charge in [0.2, 0.25) is 5.91 Å². The van der Waals surface area contributed by atoms with Gasteiger partial charge in [-0.3, -0.25) is 14.3 Å². The molecule has 0 aliphatic heterocycles. The van der Waals surface area contributed by atoms with Crippen LogP contribution in [-0.4, -0.2) is 42.9 Å². The van der Waals surface area contributed by atoms with Gasteiger partial charge in [0, 0.05) is 35.4 Å². The Morgan fingerprint density at radius 1 is 1.36 bits per heavy atom. The zero-order chi connectivity index (χ0) is 19.3. The van der Waals surface area contributed by atoms with Gasteiger partial charge in [0.1, 0.15) is 0 Å². The Hall–Kier alpha value is -2.45. The number of thioether (sulfide) groups is 1. The molecule has 0 saturated heterocycles. The molecule has 1 saturated carbocycles. The number of nitrogens with zero attached hydrogens (tertiary/aromatic N) is 5. The molecule has 4 rings (SSSR count). The summed E-state index contributed by atoms with van der Waals surface area (Å²) < 4.78 is 2.16. The maximum atomic E-state index is 12.8. The summed E-state index contributed by atoms with van der Waals surface area (Å²) in [6.45, 7) is 4.93. The van der Waals surface area contributed by atoms with E-state index in [0.717, 1.165) is 29.4 Å². The molecule has 0 radical (unpaired) electrons. The lowest BCUT2D eigenvalue weighted by atomic mass is 10.3. The van der Waals surface area contributed by atoms with E-state index >= 15 is 0 Å². The van der Waals surface area contributed by atoms with Crippen molar-refractivity contribution in [2.45, 2.75) is 30.6 Å². The summed E-state index contributed by atoms with van der Waals surface area (Å²) in [5, 5.41) is 11.6. The highest BCUT2D eigenvalue weighted by molar-refractivity contribution is 7.99. The first-order chi connectivity index (χ1) is 13.8. The highest BCUT2D eigenvalue weighted by atomic mass is 32.2. The van der Waals surface area contributed by atoms with Gasteiger partial charge in [-0.2, -0.15) is 0 Å². The van der Waals surface area contributed by atoms with Gasteiger partial charge in [-0.05, 0) is 36.4 Å². The van der Waals surface area contributed by atoms with Crippen LogP contribution in [0.25, 0.3) is 11.4 Å². The molecule has 6 nitrogen and oxygen atoms in total. The molecule has 144 valence electrons. The molecule has 0 bridgehead atoms. The average Bonchev–Trinajstić information content (AvgIpc) is 3.25. The summed E-state index contributed by atoms with van der Waals surface area (Å²) in [4.78, 5) is 20.0. The fourth-order valence-electron chi connectivity index (χ4n) is 2.95. The molecule has 1 fully saturated rings. The summed E-state index contributed by atoms with van der Waals surface area (Å²) in [6, 6.07) is 8.35. The minimum atomic E-state index is 0.0755. The Morgan fingerprint density at radius 3 is 2.93 bits per heavy atom. The maximum absolute atomic E-state index is 12.8. The van der Waals surface area contributed by atoms with Crippen molar-refractivity contribution in [3.63, 3.8) is 0 Å². The van der Waals surface area contributed by atoms with E-state index in [1.807, 2.05) is 34.5 Å². The van der Waals surface area contributed by atoms with E-state index < -0.39 is 0 Å². The molecule has 0 N–H and O–H groups in total. The van der Waals surface area contributed by atoms with Gasteiger partial charge in [0.25, 0.3) is 0 Å². The Morgan fingerprint density at radius 2 is 2.25 bits per heavy atom.